The van der Waals surface area contributed by atoms with E-state index in [0.29, 0.717) is 0 Å². The van der Waals surface area contributed by atoms with E-state index in [4.69, 9.17) is 5.73 Å². The first-order valence-corrected chi connectivity index (χ1v) is 7.95. The summed E-state index contributed by atoms with van der Waals surface area (Å²) in [7, 11) is 0. The number of hydrogen-bond donors (Lipinski definition) is 1. The second-order valence-corrected chi connectivity index (χ2v) is 6.87. The molecule has 1 saturated heterocycles. The first-order valence-electron chi connectivity index (χ1n) is 7.95. The van der Waals surface area contributed by atoms with Gasteiger partial charge in [0.25, 0.3) is 0 Å². The number of hydrogen-bond acceptors (Lipinski definition) is 2. The predicted molar refractivity (Wildman–Crippen MR) is 88.1 cm³/mol. The van der Waals surface area contributed by atoms with Crippen molar-refractivity contribution >= 4 is 18.3 Å². The Kier molecular flexibility index (Phi) is 8.76. The summed E-state index contributed by atoms with van der Waals surface area (Å²) in [6, 6.07) is 0. The molecule has 1 fully saturated rings. The molecule has 1 heterocycles. The van der Waals surface area contributed by atoms with Gasteiger partial charge in [0.1, 0.15) is 0 Å². The highest BCUT2D eigenvalue weighted by molar-refractivity contribution is 5.86. The Morgan fingerprint density at radius 2 is 1.90 bits per heavy atom. The molecule has 3 nitrogen and oxygen atoms in total. The van der Waals surface area contributed by atoms with Gasteiger partial charge in [0.05, 0.1) is 5.54 Å². The fourth-order valence-corrected chi connectivity index (χ4v) is 2.98. The molecule has 0 spiro atoms. The molecule has 0 saturated carbocycles. The molecule has 0 aliphatic carbocycles. The van der Waals surface area contributed by atoms with Crippen LogP contribution in [0.4, 0.5) is 0 Å². The molecular formula is C16H33ClN2O. The summed E-state index contributed by atoms with van der Waals surface area (Å²) in [5.41, 5.74) is 5.48. The first-order chi connectivity index (χ1) is 8.86. The summed E-state index contributed by atoms with van der Waals surface area (Å²) in [4.78, 5) is 14.4. The second-order valence-electron chi connectivity index (χ2n) is 6.87. The number of likely N-dealkylation sites (tertiary alicyclic amines) is 1. The van der Waals surface area contributed by atoms with E-state index in [1.807, 2.05) is 11.8 Å². The summed E-state index contributed by atoms with van der Waals surface area (Å²) in [6.07, 6.45) is 6.67. The van der Waals surface area contributed by atoms with E-state index in [1.54, 1.807) is 0 Å². The van der Waals surface area contributed by atoms with Crippen LogP contribution in [0.3, 0.4) is 0 Å². The number of amides is 1. The third-order valence-corrected chi connectivity index (χ3v) is 4.31. The fraction of sp³-hybridized carbons (Fsp3) is 0.938. The lowest BCUT2D eigenvalue weighted by Crippen LogP contribution is -2.54. The fourth-order valence-electron chi connectivity index (χ4n) is 2.98. The van der Waals surface area contributed by atoms with Gasteiger partial charge in [-0.2, -0.15) is 0 Å². The van der Waals surface area contributed by atoms with Gasteiger partial charge >= 0.3 is 0 Å². The van der Waals surface area contributed by atoms with Gasteiger partial charge in [-0.3, -0.25) is 4.79 Å². The van der Waals surface area contributed by atoms with Crippen LogP contribution in [-0.4, -0.2) is 29.4 Å². The third-order valence-electron chi connectivity index (χ3n) is 4.31. The van der Waals surface area contributed by atoms with Crippen molar-refractivity contribution in [1.29, 1.82) is 0 Å². The number of halogens is 1. The molecule has 0 aromatic rings. The van der Waals surface area contributed by atoms with Crippen molar-refractivity contribution in [2.24, 2.45) is 17.6 Å². The van der Waals surface area contributed by atoms with Gasteiger partial charge in [0.15, 0.2) is 0 Å². The summed E-state index contributed by atoms with van der Waals surface area (Å²) < 4.78 is 0. The average molecular weight is 305 g/mol. The molecule has 0 aromatic heterocycles. The molecule has 1 aliphatic heterocycles. The molecule has 1 amide bonds. The number of nitrogens with two attached hydrogens (primary N) is 1. The molecule has 2 N–H and O–H groups in total. The van der Waals surface area contributed by atoms with E-state index in [2.05, 4.69) is 20.8 Å². The molecule has 4 heteroatoms. The van der Waals surface area contributed by atoms with Crippen molar-refractivity contribution < 1.29 is 4.79 Å². The van der Waals surface area contributed by atoms with Crippen molar-refractivity contribution in [1.82, 2.24) is 4.90 Å². The summed E-state index contributed by atoms with van der Waals surface area (Å²) in [5, 5.41) is 0. The number of nitrogens with zero attached hydrogens (tertiary/aromatic N) is 1. The number of piperidine rings is 1. The van der Waals surface area contributed by atoms with E-state index in [9.17, 15) is 4.79 Å². The average Bonchev–Trinajstić information content (AvgIpc) is 2.36. The largest absolute Gasteiger partial charge is 0.341 e. The van der Waals surface area contributed by atoms with Crippen LogP contribution in [0.2, 0.25) is 0 Å². The highest BCUT2D eigenvalue weighted by Crippen LogP contribution is 2.25. The Morgan fingerprint density at radius 3 is 2.35 bits per heavy atom. The maximum atomic E-state index is 12.4. The molecule has 0 bridgehead atoms. The van der Waals surface area contributed by atoms with Crippen LogP contribution in [0, 0.1) is 11.8 Å². The van der Waals surface area contributed by atoms with Crippen LogP contribution >= 0.6 is 12.4 Å². The van der Waals surface area contributed by atoms with Crippen LogP contribution in [-0.2, 0) is 4.79 Å². The van der Waals surface area contributed by atoms with Gasteiger partial charge in [0.2, 0.25) is 5.91 Å². The monoisotopic (exact) mass is 304 g/mol. The van der Waals surface area contributed by atoms with E-state index < -0.39 is 5.54 Å². The highest BCUT2D eigenvalue weighted by Gasteiger charge is 2.33. The lowest BCUT2D eigenvalue weighted by molar-refractivity contribution is -0.138. The molecule has 0 radical (unpaired) electrons. The molecule has 120 valence electrons. The molecule has 1 atom stereocenters. The number of carbonyl (C=O) groups excluding carboxylic acids is 1. The Balaban J connectivity index is 0.00000361. The lowest BCUT2D eigenvalue weighted by atomic mass is 9.88. The van der Waals surface area contributed by atoms with Gasteiger partial charge in [-0.05, 0) is 38.0 Å². The zero-order chi connectivity index (χ0) is 14.5. The zero-order valence-corrected chi connectivity index (χ0v) is 14.5. The van der Waals surface area contributed by atoms with E-state index >= 15 is 0 Å². The molecular weight excluding hydrogens is 272 g/mol. The van der Waals surface area contributed by atoms with Crippen molar-refractivity contribution in [2.75, 3.05) is 13.1 Å². The minimum atomic E-state index is -0.667. The number of carbonyl (C=O) groups is 1. The summed E-state index contributed by atoms with van der Waals surface area (Å²) in [5.74, 6) is 1.75. The molecule has 0 aromatic carbocycles. The lowest BCUT2D eigenvalue weighted by Gasteiger charge is -2.37. The Labute approximate surface area is 131 Å². The minimum Gasteiger partial charge on any atom is -0.341 e. The van der Waals surface area contributed by atoms with Crippen LogP contribution < -0.4 is 5.73 Å². The third kappa shape index (κ3) is 6.01. The van der Waals surface area contributed by atoms with Gasteiger partial charge in [0, 0.05) is 13.1 Å². The first kappa shape index (κ1) is 19.7. The second kappa shape index (κ2) is 8.89. The maximum absolute atomic E-state index is 12.4. The van der Waals surface area contributed by atoms with Crippen LogP contribution in [0.5, 0.6) is 0 Å². The number of rotatable bonds is 6. The molecule has 1 rings (SSSR count). The molecule has 1 aliphatic rings. The van der Waals surface area contributed by atoms with Gasteiger partial charge < -0.3 is 10.6 Å². The Bertz CT molecular complexity index is 284. The van der Waals surface area contributed by atoms with Gasteiger partial charge in [-0.1, -0.05) is 40.0 Å². The van der Waals surface area contributed by atoms with Crippen molar-refractivity contribution in [3.05, 3.63) is 0 Å². The van der Waals surface area contributed by atoms with E-state index in [0.717, 1.165) is 50.6 Å². The van der Waals surface area contributed by atoms with Crippen molar-refractivity contribution in [2.45, 2.75) is 71.8 Å². The van der Waals surface area contributed by atoms with Crippen molar-refractivity contribution in [3.8, 4) is 0 Å². The molecule has 20 heavy (non-hydrogen) atoms. The smallest absolute Gasteiger partial charge is 0.242 e. The summed E-state index contributed by atoms with van der Waals surface area (Å²) in [6.45, 7) is 10.3. The zero-order valence-electron chi connectivity index (χ0n) is 13.7. The predicted octanol–water partition coefficient (Wildman–Crippen LogP) is 3.60. The van der Waals surface area contributed by atoms with E-state index in [1.165, 1.54) is 12.8 Å². The Morgan fingerprint density at radius 1 is 1.35 bits per heavy atom. The van der Waals surface area contributed by atoms with Crippen LogP contribution in [0.25, 0.3) is 0 Å². The maximum Gasteiger partial charge on any atom is 0.242 e. The van der Waals surface area contributed by atoms with Gasteiger partial charge in [-0.25, -0.2) is 0 Å². The van der Waals surface area contributed by atoms with Crippen LogP contribution in [0.15, 0.2) is 0 Å². The highest BCUT2D eigenvalue weighted by atomic mass is 35.5. The summed E-state index contributed by atoms with van der Waals surface area (Å²) >= 11 is 0. The van der Waals surface area contributed by atoms with E-state index in [-0.39, 0.29) is 18.3 Å². The topological polar surface area (TPSA) is 46.3 Å². The normalized spacial score (nSPS) is 19.6. The quantitative estimate of drug-likeness (QED) is 0.815. The standard InChI is InChI=1S/C16H32N2O.ClH/c1-5-10-16(4,17)15(19)18-11-8-14(9-12-18)7-6-13(2)3;/h13-14H,5-12,17H2,1-4H3;1H. The molecule has 1 unspecified atom stereocenters. The van der Waals surface area contributed by atoms with Gasteiger partial charge in [-0.15, -0.1) is 12.4 Å². The Hall–Kier alpha value is -0.280. The minimum absolute atomic E-state index is 0. The van der Waals surface area contributed by atoms with Crippen LogP contribution in [0.1, 0.15) is 66.2 Å². The SMILES string of the molecule is CCCC(C)(N)C(=O)N1CCC(CCC(C)C)CC1.Cl. The van der Waals surface area contributed by atoms with Crippen molar-refractivity contribution in [3.63, 3.8) is 0 Å².